The molecule has 1 rings (SSSR count). The maximum atomic E-state index is 10.5. The van der Waals surface area contributed by atoms with E-state index in [2.05, 4.69) is 15.4 Å². The van der Waals surface area contributed by atoms with E-state index in [0.29, 0.717) is 6.54 Å². The normalized spacial score (nSPS) is 22.5. The van der Waals surface area contributed by atoms with Crippen LogP contribution in [-0.2, 0) is 9.53 Å². The zero-order valence-corrected chi connectivity index (χ0v) is 5.51. The minimum atomic E-state index is -0.570. The molecule has 1 fully saturated rings. The lowest BCUT2D eigenvalue weighted by Crippen LogP contribution is -2.61. The van der Waals surface area contributed by atoms with Gasteiger partial charge in [-0.1, -0.05) is 0 Å². The van der Waals surface area contributed by atoms with Gasteiger partial charge >= 0.3 is 6.09 Å². The highest BCUT2D eigenvalue weighted by Crippen LogP contribution is 1.92. The van der Waals surface area contributed by atoms with Gasteiger partial charge in [0.2, 0.25) is 5.91 Å². The van der Waals surface area contributed by atoms with Crippen molar-refractivity contribution in [3.8, 4) is 0 Å². The molecule has 0 aromatic rings. The van der Waals surface area contributed by atoms with E-state index in [1.807, 2.05) is 0 Å². The van der Waals surface area contributed by atoms with Crippen molar-refractivity contribution in [1.82, 2.24) is 10.6 Å². The molecular formula is C5H8N2O3. The number of carbonyl (C=O) groups is 2. The van der Waals surface area contributed by atoms with Crippen LogP contribution in [0.4, 0.5) is 4.79 Å². The summed E-state index contributed by atoms with van der Waals surface area (Å²) in [4.78, 5) is 20.9. The highest BCUT2D eigenvalue weighted by atomic mass is 16.5. The Morgan fingerprint density at radius 1 is 1.90 bits per heavy atom. The number of amides is 2. The van der Waals surface area contributed by atoms with Gasteiger partial charge in [0, 0.05) is 6.54 Å². The number of β-lactam (4-membered cyclic amide) rings is 1. The monoisotopic (exact) mass is 144 g/mol. The second-order valence-corrected chi connectivity index (χ2v) is 1.93. The SMILES string of the molecule is COC(=O)NC1CNC1=O. The number of ether oxygens (including phenoxy) is 1. The third kappa shape index (κ3) is 1.18. The fourth-order valence-electron chi connectivity index (χ4n) is 0.605. The van der Waals surface area contributed by atoms with E-state index in [1.54, 1.807) is 0 Å². The van der Waals surface area contributed by atoms with Gasteiger partial charge in [-0.05, 0) is 0 Å². The first-order chi connectivity index (χ1) is 4.74. The van der Waals surface area contributed by atoms with Crippen LogP contribution < -0.4 is 10.6 Å². The molecule has 1 atom stereocenters. The molecule has 0 aromatic carbocycles. The summed E-state index contributed by atoms with van der Waals surface area (Å²) in [6, 6.07) is -0.396. The van der Waals surface area contributed by atoms with Crippen LogP contribution in [0.2, 0.25) is 0 Å². The van der Waals surface area contributed by atoms with Gasteiger partial charge in [-0.15, -0.1) is 0 Å². The molecule has 1 heterocycles. The van der Waals surface area contributed by atoms with Crippen LogP contribution in [0.3, 0.4) is 0 Å². The first kappa shape index (κ1) is 6.85. The first-order valence-corrected chi connectivity index (χ1v) is 2.86. The van der Waals surface area contributed by atoms with Crippen molar-refractivity contribution in [2.75, 3.05) is 13.7 Å². The van der Waals surface area contributed by atoms with Crippen LogP contribution in [0.5, 0.6) is 0 Å². The Kier molecular flexibility index (Phi) is 1.75. The standard InChI is InChI=1S/C5H8N2O3/c1-10-5(9)7-3-2-6-4(3)8/h3H,2H2,1H3,(H,6,8)(H,7,9). The van der Waals surface area contributed by atoms with Gasteiger partial charge in [-0.2, -0.15) is 0 Å². The predicted molar refractivity (Wildman–Crippen MR) is 32.3 cm³/mol. The fraction of sp³-hybridized carbons (Fsp3) is 0.600. The molecule has 2 amide bonds. The highest BCUT2D eigenvalue weighted by molar-refractivity contribution is 5.90. The number of hydrogen-bond acceptors (Lipinski definition) is 3. The van der Waals surface area contributed by atoms with Gasteiger partial charge in [-0.3, -0.25) is 4.79 Å². The fourth-order valence-corrected chi connectivity index (χ4v) is 0.605. The molecule has 10 heavy (non-hydrogen) atoms. The van der Waals surface area contributed by atoms with Crippen LogP contribution in [0.1, 0.15) is 0 Å². The van der Waals surface area contributed by atoms with Crippen molar-refractivity contribution < 1.29 is 14.3 Å². The molecule has 1 unspecified atom stereocenters. The Bertz CT molecular complexity index is 168. The molecule has 5 heteroatoms. The number of methoxy groups -OCH3 is 1. The van der Waals surface area contributed by atoms with Gasteiger partial charge in [-0.25, -0.2) is 4.79 Å². The van der Waals surface area contributed by atoms with E-state index in [9.17, 15) is 9.59 Å². The lowest BCUT2D eigenvalue weighted by Gasteiger charge is -2.25. The van der Waals surface area contributed by atoms with E-state index < -0.39 is 12.1 Å². The van der Waals surface area contributed by atoms with Crippen LogP contribution >= 0.6 is 0 Å². The molecule has 1 aliphatic heterocycles. The molecule has 5 nitrogen and oxygen atoms in total. The second kappa shape index (κ2) is 2.55. The van der Waals surface area contributed by atoms with E-state index in [0.717, 1.165) is 0 Å². The maximum absolute atomic E-state index is 10.5. The number of alkyl carbamates (subject to hydrolysis) is 1. The maximum Gasteiger partial charge on any atom is 0.407 e. The quantitative estimate of drug-likeness (QED) is 0.456. The molecule has 0 aliphatic carbocycles. The number of carbonyl (C=O) groups excluding carboxylic acids is 2. The molecule has 0 saturated carbocycles. The summed E-state index contributed by atoms with van der Waals surface area (Å²) in [7, 11) is 1.26. The number of rotatable bonds is 1. The van der Waals surface area contributed by atoms with Crippen molar-refractivity contribution in [1.29, 1.82) is 0 Å². The van der Waals surface area contributed by atoms with Gasteiger partial charge in [0.1, 0.15) is 6.04 Å². The predicted octanol–water partition coefficient (Wildman–Crippen LogP) is -1.16. The molecule has 0 spiro atoms. The van der Waals surface area contributed by atoms with Crippen molar-refractivity contribution in [2.24, 2.45) is 0 Å². The van der Waals surface area contributed by atoms with E-state index in [-0.39, 0.29) is 5.91 Å². The molecule has 2 N–H and O–H groups in total. The van der Waals surface area contributed by atoms with Crippen LogP contribution in [0.15, 0.2) is 0 Å². The topological polar surface area (TPSA) is 67.4 Å². The zero-order valence-electron chi connectivity index (χ0n) is 5.51. The third-order valence-electron chi connectivity index (χ3n) is 1.27. The molecule has 1 saturated heterocycles. The minimum absolute atomic E-state index is 0.162. The smallest absolute Gasteiger partial charge is 0.407 e. The molecule has 0 aromatic heterocycles. The molecule has 0 bridgehead atoms. The second-order valence-electron chi connectivity index (χ2n) is 1.93. The van der Waals surface area contributed by atoms with Crippen molar-refractivity contribution in [3.63, 3.8) is 0 Å². The van der Waals surface area contributed by atoms with Crippen LogP contribution in [0, 0.1) is 0 Å². The third-order valence-corrected chi connectivity index (χ3v) is 1.27. The first-order valence-electron chi connectivity index (χ1n) is 2.86. The molecular weight excluding hydrogens is 136 g/mol. The molecule has 56 valence electrons. The summed E-state index contributed by atoms with van der Waals surface area (Å²) in [5.74, 6) is -0.162. The average Bonchev–Trinajstić information content (AvgIpc) is 1.96. The number of hydrogen-bond donors (Lipinski definition) is 2. The Hall–Kier alpha value is -1.26. The summed E-state index contributed by atoms with van der Waals surface area (Å²) in [6.45, 7) is 0.494. The summed E-state index contributed by atoms with van der Waals surface area (Å²) in [5.41, 5.74) is 0. The Labute approximate surface area is 57.7 Å². The van der Waals surface area contributed by atoms with Gasteiger partial charge < -0.3 is 15.4 Å². The van der Waals surface area contributed by atoms with Gasteiger partial charge in [0.15, 0.2) is 0 Å². The lowest BCUT2D eigenvalue weighted by molar-refractivity contribution is -0.128. The average molecular weight is 144 g/mol. The van der Waals surface area contributed by atoms with Gasteiger partial charge in [0.25, 0.3) is 0 Å². The minimum Gasteiger partial charge on any atom is -0.453 e. The Morgan fingerprint density at radius 3 is 2.90 bits per heavy atom. The van der Waals surface area contributed by atoms with Crippen molar-refractivity contribution >= 4 is 12.0 Å². The largest absolute Gasteiger partial charge is 0.453 e. The lowest BCUT2D eigenvalue weighted by atomic mass is 10.2. The summed E-state index contributed by atoms with van der Waals surface area (Å²) >= 11 is 0. The van der Waals surface area contributed by atoms with Crippen LogP contribution in [0.25, 0.3) is 0 Å². The Morgan fingerprint density at radius 2 is 2.60 bits per heavy atom. The van der Waals surface area contributed by atoms with Crippen LogP contribution in [-0.4, -0.2) is 31.7 Å². The van der Waals surface area contributed by atoms with Gasteiger partial charge in [0.05, 0.1) is 7.11 Å². The Balaban J connectivity index is 2.25. The summed E-state index contributed by atoms with van der Waals surface area (Å²) in [5, 5.41) is 4.82. The summed E-state index contributed by atoms with van der Waals surface area (Å²) in [6.07, 6.45) is -0.570. The molecule has 0 radical (unpaired) electrons. The molecule has 1 aliphatic rings. The van der Waals surface area contributed by atoms with Crippen molar-refractivity contribution in [2.45, 2.75) is 6.04 Å². The van der Waals surface area contributed by atoms with E-state index in [1.165, 1.54) is 7.11 Å². The summed E-state index contributed by atoms with van der Waals surface area (Å²) < 4.78 is 4.27. The van der Waals surface area contributed by atoms with E-state index in [4.69, 9.17) is 0 Å². The highest BCUT2D eigenvalue weighted by Gasteiger charge is 2.28. The van der Waals surface area contributed by atoms with Crippen molar-refractivity contribution in [3.05, 3.63) is 0 Å². The van der Waals surface area contributed by atoms with E-state index >= 15 is 0 Å². The zero-order chi connectivity index (χ0) is 7.56. The number of nitrogens with one attached hydrogen (secondary N) is 2.